The highest BCUT2D eigenvalue weighted by atomic mass is 16.5. The number of aromatic nitrogens is 1. The van der Waals surface area contributed by atoms with Crippen molar-refractivity contribution in [3.63, 3.8) is 0 Å². The predicted octanol–water partition coefficient (Wildman–Crippen LogP) is 3.22. The number of carbonyl (C=O) groups excluding carboxylic acids is 1. The van der Waals surface area contributed by atoms with Crippen molar-refractivity contribution in [1.82, 2.24) is 19.7 Å². The van der Waals surface area contributed by atoms with Gasteiger partial charge < -0.3 is 14.2 Å². The quantitative estimate of drug-likeness (QED) is 0.643. The molecule has 0 saturated carbocycles. The first-order chi connectivity index (χ1) is 15.5. The largest absolute Gasteiger partial charge is 0.383 e. The SMILES string of the molecule is C=CCn1cc2c3c(cccc31)C(CC(C)C)NC(C(=O)N1CCN(CCOC)CC1)C2. The van der Waals surface area contributed by atoms with Crippen LogP contribution in [0, 0.1) is 5.92 Å². The zero-order chi connectivity index (χ0) is 22.7. The van der Waals surface area contributed by atoms with Crippen LogP contribution in [0.2, 0.25) is 0 Å². The Kier molecular flexibility index (Phi) is 7.33. The maximum atomic E-state index is 13.7. The number of nitrogens with zero attached hydrogens (tertiary/aromatic N) is 3. The van der Waals surface area contributed by atoms with Crippen molar-refractivity contribution in [1.29, 1.82) is 0 Å². The summed E-state index contributed by atoms with van der Waals surface area (Å²) in [7, 11) is 1.74. The smallest absolute Gasteiger partial charge is 0.240 e. The van der Waals surface area contributed by atoms with Gasteiger partial charge in [-0.1, -0.05) is 32.1 Å². The molecular weight excluding hydrogens is 400 g/mol. The molecule has 2 aliphatic heterocycles. The second-order valence-electron chi connectivity index (χ2n) is 9.60. The van der Waals surface area contributed by atoms with Crippen LogP contribution in [0.1, 0.15) is 37.4 Å². The van der Waals surface area contributed by atoms with E-state index >= 15 is 0 Å². The van der Waals surface area contributed by atoms with E-state index in [9.17, 15) is 4.79 Å². The minimum Gasteiger partial charge on any atom is -0.383 e. The predicted molar refractivity (Wildman–Crippen MR) is 130 cm³/mol. The number of benzene rings is 1. The summed E-state index contributed by atoms with van der Waals surface area (Å²) in [6.07, 6.45) is 5.92. The Morgan fingerprint density at radius 1 is 1.28 bits per heavy atom. The molecular formula is C26H38N4O2. The number of hydrogen-bond donors (Lipinski definition) is 1. The molecule has 1 aromatic heterocycles. The average molecular weight is 439 g/mol. The second kappa shape index (κ2) is 10.2. The molecule has 1 saturated heterocycles. The molecule has 2 unspecified atom stereocenters. The summed E-state index contributed by atoms with van der Waals surface area (Å²) in [5.74, 6) is 0.780. The van der Waals surface area contributed by atoms with Crippen LogP contribution < -0.4 is 5.32 Å². The first-order valence-corrected chi connectivity index (χ1v) is 12.0. The molecule has 32 heavy (non-hydrogen) atoms. The molecule has 0 radical (unpaired) electrons. The van der Waals surface area contributed by atoms with E-state index in [0.29, 0.717) is 5.92 Å². The van der Waals surface area contributed by atoms with Crippen molar-refractivity contribution in [2.75, 3.05) is 46.4 Å². The van der Waals surface area contributed by atoms with E-state index in [1.54, 1.807) is 7.11 Å². The standard InChI is InChI=1S/C26H38N4O2/c1-5-9-30-18-20-17-23(26(31)29-12-10-28(11-13-29)14-15-32-4)27-22(16-19(2)3)21-7-6-8-24(30)25(20)21/h5-8,18-19,22-23,27H,1,9-17H2,2-4H3. The number of allylic oxidation sites excluding steroid dienone is 1. The van der Waals surface area contributed by atoms with Gasteiger partial charge in [-0.15, -0.1) is 6.58 Å². The maximum absolute atomic E-state index is 13.7. The Labute approximate surface area is 192 Å². The zero-order valence-electron chi connectivity index (χ0n) is 19.8. The lowest BCUT2D eigenvalue weighted by Crippen LogP contribution is -2.55. The first-order valence-electron chi connectivity index (χ1n) is 12.0. The van der Waals surface area contributed by atoms with Gasteiger partial charge in [0.15, 0.2) is 0 Å². The van der Waals surface area contributed by atoms with E-state index in [1.807, 2.05) is 6.08 Å². The molecule has 1 aromatic carbocycles. The van der Waals surface area contributed by atoms with Gasteiger partial charge in [-0.05, 0) is 36.0 Å². The molecule has 0 aliphatic carbocycles. The Hall–Kier alpha value is -2.15. The number of methoxy groups -OCH3 is 1. The molecule has 174 valence electrons. The molecule has 4 rings (SSSR count). The Balaban J connectivity index is 1.59. The van der Waals surface area contributed by atoms with Gasteiger partial charge in [-0.2, -0.15) is 0 Å². The average Bonchev–Trinajstić information content (AvgIpc) is 3.05. The summed E-state index contributed by atoms with van der Waals surface area (Å²) < 4.78 is 7.48. The Morgan fingerprint density at radius 3 is 2.75 bits per heavy atom. The van der Waals surface area contributed by atoms with Crippen LogP contribution in [0.5, 0.6) is 0 Å². The highest BCUT2D eigenvalue weighted by Crippen LogP contribution is 2.36. The lowest BCUT2D eigenvalue weighted by molar-refractivity contribution is -0.135. The van der Waals surface area contributed by atoms with Crippen LogP contribution in [0.15, 0.2) is 37.1 Å². The molecule has 3 heterocycles. The summed E-state index contributed by atoms with van der Waals surface area (Å²) in [5, 5.41) is 5.11. The summed E-state index contributed by atoms with van der Waals surface area (Å²) >= 11 is 0. The van der Waals surface area contributed by atoms with Crippen LogP contribution in [-0.4, -0.2) is 72.8 Å². The van der Waals surface area contributed by atoms with Gasteiger partial charge in [0, 0.05) is 69.5 Å². The van der Waals surface area contributed by atoms with Crippen molar-refractivity contribution >= 4 is 16.8 Å². The van der Waals surface area contributed by atoms with Crippen molar-refractivity contribution in [3.05, 3.63) is 48.2 Å². The van der Waals surface area contributed by atoms with Crippen LogP contribution in [-0.2, 0) is 22.5 Å². The number of carbonyl (C=O) groups is 1. The highest BCUT2D eigenvalue weighted by Gasteiger charge is 2.34. The van der Waals surface area contributed by atoms with E-state index in [0.717, 1.165) is 58.7 Å². The van der Waals surface area contributed by atoms with Gasteiger partial charge in [-0.25, -0.2) is 0 Å². The topological polar surface area (TPSA) is 49.7 Å². The molecule has 1 fully saturated rings. The van der Waals surface area contributed by atoms with E-state index in [-0.39, 0.29) is 18.0 Å². The normalized spacial score (nSPS) is 21.8. The van der Waals surface area contributed by atoms with Gasteiger partial charge in [0.25, 0.3) is 0 Å². The number of piperazine rings is 1. The molecule has 1 N–H and O–H groups in total. The van der Waals surface area contributed by atoms with Crippen molar-refractivity contribution < 1.29 is 9.53 Å². The Morgan fingerprint density at radius 2 is 2.06 bits per heavy atom. The third kappa shape index (κ3) is 4.77. The minimum absolute atomic E-state index is 0.177. The van der Waals surface area contributed by atoms with E-state index in [2.05, 4.69) is 64.5 Å². The van der Waals surface area contributed by atoms with Crippen molar-refractivity contribution in [2.45, 2.75) is 45.3 Å². The number of nitrogens with one attached hydrogen (secondary N) is 1. The Bertz CT molecular complexity index is 943. The minimum atomic E-state index is -0.195. The molecule has 0 spiro atoms. The summed E-state index contributed by atoms with van der Waals surface area (Å²) in [5.41, 5.74) is 3.84. The van der Waals surface area contributed by atoms with Crippen LogP contribution >= 0.6 is 0 Å². The molecule has 0 bridgehead atoms. The molecule has 6 heteroatoms. The van der Waals surface area contributed by atoms with Crippen LogP contribution in [0.25, 0.3) is 10.9 Å². The molecule has 2 aromatic rings. The van der Waals surface area contributed by atoms with E-state index < -0.39 is 0 Å². The number of amides is 1. The third-order valence-corrected chi connectivity index (χ3v) is 6.85. The number of hydrogen-bond acceptors (Lipinski definition) is 4. The van der Waals surface area contributed by atoms with E-state index in [1.165, 1.54) is 22.0 Å². The summed E-state index contributed by atoms with van der Waals surface area (Å²) in [6, 6.07) is 6.57. The second-order valence-corrected chi connectivity index (χ2v) is 9.60. The fourth-order valence-corrected chi connectivity index (χ4v) is 5.27. The lowest BCUT2D eigenvalue weighted by Gasteiger charge is -2.37. The zero-order valence-corrected chi connectivity index (χ0v) is 19.8. The van der Waals surface area contributed by atoms with Gasteiger partial charge in [0.2, 0.25) is 5.91 Å². The van der Waals surface area contributed by atoms with Crippen molar-refractivity contribution in [3.8, 4) is 0 Å². The molecule has 2 atom stereocenters. The monoisotopic (exact) mass is 438 g/mol. The van der Waals surface area contributed by atoms with Gasteiger partial charge in [-0.3, -0.25) is 15.0 Å². The fourth-order valence-electron chi connectivity index (χ4n) is 5.27. The molecule has 2 aliphatic rings. The number of ether oxygens (including phenoxy) is 1. The maximum Gasteiger partial charge on any atom is 0.240 e. The van der Waals surface area contributed by atoms with E-state index in [4.69, 9.17) is 4.74 Å². The van der Waals surface area contributed by atoms with Crippen molar-refractivity contribution in [2.24, 2.45) is 5.92 Å². The van der Waals surface area contributed by atoms with Gasteiger partial charge >= 0.3 is 0 Å². The number of rotatable bonds is 8. The first kappa shape index (κ1) is 23.0. The summed E-state index contributed by atoms with van der Waals surface area (Å²) in [4.78, 5) is 18.1. The van der Waals surface area contributed by atoms with Crippen LogP contribution in [0.3, 0.4) is 0 Å². The molecule has 6 nitrogen and oxygen atoms in total. The van der Waals surface area contributed by atoms with Gasteiger partial charge in [0.1, 0.15) is 0 Å². The molecule has 1 amide bonds. The summed E-state index contributed by atoms with van der Waals surface area (Å²) in [6.45, 7) is 14.3. The highest BCUT2D eigenvalue weighted by molar-refractivity contribution is 5.90. The fraction of sp³-hybridized carbons (Fsp3) is 0.577. The van der Waals surface area contributed by atoms with Gasteiger partial charge in [0.05, 0.1) is 12.6 Å². The third-order valence-electron chi connectivity index (χ3n) is 6.85. The van der Waals surface area contributed by atoms with Crippen LogP contribution in [0.4, 0.5) is 0 Å². The lowest BCUT2D eigenvalue weighted by atomic mass is 9.94.